The molecule has 0 aromatic heterocycles. The fourth-order valence-corrected chi connectivity index (χ4v) is 0.560. The van der Waals surface area contributed by atoms with Crippen LogP contribution in [0.1, 0.15) is 6.92 Å². The molecular formula is C7H14N2O2. The number of rotatable bonds is 6. The number of nitriles is 1. The number of hydrogen-bond acceptors (Lipinski definition) is 4. The van der Waals surface area contributed by atoms with Gasteiger partial charge in [-0.15, -0.1) is 0 Å². The Morgan fingerprint density at radius 1 is 1.64 bits per heavy atom. The molecule has 0 aliphatic carbocycles. The summed E-state index contributed by atoms with van der Waals surface area (Å²) in [6, 6.07) is 1.91. The first-order chi connectivity index (χ1) is 5.31. The Balaban J connectivity index is 2.97. The molecule has 2 N–H and O–H groups in total. The minimum absolute atomic E-state index is 0.0494. The molecular weight excluding hydrogens is 144 g/mol. The number of aliphatic hydroxyl groups is 1. The van der Waals surface area contributed by atoms with Gasteiger partial charge in [0.05, 0.1) is 31.9 Å². The van der Waals surface area contributed by atoms with Gasteiger partial charge in [-0.2, -0.15) is 5.26 Å². The van der Waals surface area contributed by atoms with Gasteiger partial charge in [-0.25, -0.2) is 0 Å². The van der Waals surface area contributed by atoms with Crippen molar-refractivity contribution < 1.29 is 9.84 Å². The summed E-state index contributed by atoms with van der Waals surface area (Å²) < 4.78 is 4.96. The average molecular weight is 158 g/mol. The SMILES string of the molecule is CC(C#N)NCCOCCO. The van der Waals surface area contributed by atoms with E-state index in [1.807, 2.05) is 6.07 Å². The largest absolute Gasteiger partial charge is 0.394 e. The summed E-state index contributed by atoms with van der Waals surface area (Å²) in [5, 5.41) is 19.6. The van der Waals surface area contributed by atoms with Crippen LogP contribution in [0.4, 0.5) is 0 Å². The third kappa shape index (κ3) is 7.26. The van der Waals surface area contributed by atoms with Crippen molar-refractivity contribution in [1.82, 2.24) is 5.32 Å². The molecule has 1 unspecified atom stereocenters. The molecule has 4 heteroatoms. The number of hydrogen-bond donors (Lipinski definition) is 2. The lowest BCUT2D eigenvalue weighted by Crippen LogP contribution is -2.28. The van der Waals surface area contributed by atoms with Crippen LogP contribution in [0.2, 0.25) is 0 Å². The summed E-state index contributed by atoms with van der Waals surface area (Å²) in [5.41, 5.74) is 0. The maximum Gasteiger partial charge on any atom is 0.0925 e. The van der Waals surface area contributed by atoms with Gasteiger partial charge in [-0.3, -0.25) is 5.32 Å². The zero-order valence-corrected chi connectivity index (χ0v) is 6.71. The topological polar surface area (TPSA) is 65.3 Å². The van der Waals surface area contributed by atoms with Crippen molar-refractivity contribution in [2.24, 2.45) is 0 Å². The van der Waals surface area contributed by atoms with Gasteiger partial charge in [0.1, 0.15) is 0 Å². The zero-order valence-electron chi connectivity index (χ0n) is 6.71. The molecule has 0 heterocycles. The van der Waals surface area contributed by atoms with Gasteiger partial charge in [0.2, 0.25) is 0 Å². The van der Waals surface area contributed by atoms with Crippen molar-refractivity contribution >= 4 is 0 Å². The van der Waals surface area contributed by atoms with Gasteiger partial charge in [-0.05, 0) is 6.92 Å². The number of nitrogens with zero attached hydrogens (tertiary/aromatic N) is 1. The van der Waals surface area contributed by atoms with Crippen molar-refractivity contribution in [3.63, 3.8) is 0 Å². The Morgan fingerprint density at radius 3 is 2.91 bits per heavy atom. The minimum atomic E-state index is -0.132. The summed E-state index contributed by atoms with van der Waals surface area (Å²) in [7, 11) is 0. The average Bonchev–Trinajstić information content (AvgIpc) is 2.04. The highest BCUT2D eigenvalue weighted by molar-refractivity contribution is 4.84. The van der Waals surface area contributed by atoms with Gasteiger partial charge in [0.15, 0.2) is 0 Å². The number of ether oxygens (including phenoxy) is 1. The lowest BCUT2D eigenvalue weighted by molar-refractivity contribution is 0.0935. The third-order valence-electron chi connectivity index (χ3n) is 1.13. The second kappa shape index (κ2) is 7.48. The minimum Gasteiger partial charge on any atom is -0.394 e. The molecule has 64 valence electrons. The number of nitrogens with one attached hydrogen (secondary N) is 1. The molecule has 0 saturated heterocycles. The number of aliphatic hydroxyl groups excluding tert-OH is 1. The highest BCUT2D eigenvalue weighted by atomic mass is 16.5. The molecule has 4 nitrogen and oxygen atoms in total. The van der Waals surface area contributed by atoms with Crippen LogP contribution in [0.3, 0.4) is 0 Å². The van der Waals surface area contributed by atoms with E-state index in [0.717, 1.165) is 0 Å². The Labute approximate surface area is 66.8 Å². The van der Waals surface area contributed by atoms with E-state index in [9.17, 15) is 0 Å². The molecule has 11 heavy (non-hydrogen) atoms. The smallest absolute Gasteiger partial charge is 0.0925 e. The van der Waals surface area contributed by atoms with Crippen LogP contribution in [0.25, 0.3) is 0 Å². The van der Waals surface area contributed by atoms with Crippen LogP contribution < -0.4 is 5.32 Å². The molecule has 0 aromatic rings. The zero-order chi connectivity index (χ0) is 8.53. The van der Waals surface area contributed by atoms with E-state index in [2.05, 4.69) is 5.32 Å². The van der Waals surface area contributed by atoms with Gasteiger partial charge in [-0.1, -0.05) is 0 Å². The predicted octanol–water partition coefficient (Wildman–Crippen LogP) is -0.503. The van der Waals surface area contributed by atoms with Crippen molar-refractivity contribution in [2.75, 3.05) is 26.4 Å². The Morgan fingerprint density at radius 2 is 2.36 bits per heavy atom. The molecule has 0 aromatic carbocycles. The summed E-state index contributed by atoms with van der Waals surface area (Å²) in [5.74, 6) is 0. The van der Waals surface area contributed by atoms with E-state index < -0.39 is 0 Å². The van der Waals surface area contributed by atoms with E-state index in [0.29, 0.717) is 19.8 Å². The first kappa shape index (κ1) is 10.4. The molecule has 0 spiro atoms. The molecule has 0 bridgehead atoms. The second-order valence-electron chi connectivity index (χ2n) is 2.14. The highest BCUT2D eigenvalue weighted by Crippen LogP contribution is 1.76. The Kier molecular flexibility index (Phi) is 7.05. The van der Waals surface area contributed by atoms with E-state index in [4.69, 9.17) is 15.1 Å². The van der Waals surface area contributed by atoms with Crippen molar-refractivity contribution in [2.45, 2.75) is 13.0 Å². The molecule has 0 radical (unpaired) electrons. The van der Waals surface area contributed by atoms with Gasteiger partial charge in [0, 0.05) is 6.54 Å². The standard InChI is InChI=1S/C7H14N2O2/c1-7(6-8)9-2-4-11-5-3-10/h7,9-10H,2-5H2,1H3. The monoisotopic (exact) mass is 158 g/mol. The first-order valence-corrected chi connectivity index (χ1v) is 3.63. The van der Waals surface area contributed by atoms with Crippen LogP contribution in [0.15, 0.2) is 0 Å². The molecule has 0 fully saturated rings. The van der Waals surface area contributed by atoms with Crippen LogP contribution in [-0.4, -0.2) is 37.5 Å². The molecule has 0 aliphatic heterocycles. The Hall–Kier alpha value is -0.630. The maximum atomic E-state index is 8.34. The molecule has 0 saturated carbocycles. The maximum absolute atomic E-state index is 8.34. The van der Waals surface area contributed by atoms with E-state index >= 15 is 0 Å². The quantitative estimate of drug-likeness (QED) is 0.511. The van der Waals surface area contributed by atoms with Crippen LogP contribution in [-0.2, 0) is 4.74 Å². The normalized spacial score (nSPS) is 12.5. The summed E-state index contributed by atoms with van der Waals surface area (Å²) in [6.45, 7) is 3.38. The Bertz CT molecular complexity index is 122. The fraction of sp³-hybridized carbons (Fsp3) is 0.857. The molecule has 0 amide bonds. The van der Waals surface area contributed by atoms with Gasteiger partial charge < -0.3 is 9.84 Å². The fourth-order valence-electron chi connectivity index (χ4n) is 0.560. The van der Waals surface area contributed by atoms with E-state index in [1.54, 1.807) is 6.92 Å². The third-order valence-corrected chi connectivity index (χ3v) is 1.13. The van der Waals surface area contributed by atoms with E-state index in [-0.39, 0.29) is 12.6 Å². The summed E-state index contributed by atoms with van der Waals surface area (Å²) in [4.78, 5) is 0. The highest BCUT2D eigenvalue weighted by Gasteiger charge is 1.95. The van der Waals surface area contributed by atoms with Crippen molar-refractivity contribution in [3.05, 3.63) is 0 Å². The van der Waals surface area contributed by atoms with Crippen LogP contribution >= 0.6 is 0 Å². The predicted molar refractivity (Wildman–Crippen MR) is 41.0 cm³/mol. The lowest BCUT2D eigenvalue weighted by atomic mass is 10.4. The van der Waals surface area contributed by atoms with Gasteiger partial charge in [0.25, 0.3) is 0 Å². The summed E-state index contributed by atoms with van der Waals surface area (Å²) >= 11 is 0. The van der Waals surface area contributed by atoms with Crippen molar-refractivity contribution in [1.29, 1.82) is 5.26 Å². The first-order valence-electron chi connectivity index (χ1n) is 3.63. The lowest BCUT2D eigenvalue weighted by Gasteiger charge is -2.05. The molecule has 0 rings (SSSR count). The summed E-state index contributed by atoms with van der Waals surface area (Å²) in [6.07, 6.45) is 0. The van der Waals surface area contributed by atoms with E-state index in [1.165, 1.54) is 0 Å². The van der Waals surface area contributed by atoms with Crippen molar-refractivity contribution in [3.8, 4) is 6.07 Å². The molecule has 1 atom stereocenters. The molecule has 0 aliphatic rings. The van der Waals surface area contributed by atoms with Crippen LogP contribution in [0, 0.1) is 11.3 Å². The second-order valence-corrected chi connectivity index (χ2v) is 2.14. The van der Waals surface area contributed by atoms with Gasteiger partial charge >= 0.3 is 0 Å². The van der Waals surface area contributed by atoms with Crippen LogP contribution in [0.5, 0.6) is 0 Å².